The Labute approximate surface area is 194 Å². The molecule has 0 bridgehead atoms. The Bertz CT molecular complexity index is 1180. The number of nitrogens with one attached hydrogen (secondary N) is 2. The summed E-state index contributed by atoms with van der Waals surface area (Å²) in [5.41, 5.74) is 0.911. The van der Waals surface area contributed by atoms with Crippen LogP contribution in [0.4, 0.5) is 15.8 Å². The highest BCUT2D eigenvalue weighted by atomic mass is 32.1. The zero-order valence-corrected chi connectivity index (χ0v) is 18.7. The van der Waals surface area contributed by atoms with Crippen molar-refractivity contribution in [2.24, 2.45) is 0 Å². The minimum Gasteiger partial charge on any atom is -0.495 e. The molecule has 1 aliphatic heterocycles. The number of benzene rings is 2. The quantitative estimate of drug-likeness (QED) is 0.563. The van der Waals surface area contributed by atoms with E-state index in [-0.39, 0.29) is 17.4 Å². The summed E-state index contributed by atoms with van der Waals surface area (Å²) in [6, 6.07) is 13.1. The van der Waals surface area contributed by atoms with Gasteiger partial charge in [-0.25, -0.2) is 4.39 Å². The maximum Gasteiger partial charge on any atom is 0.264 e. The lowest BCUT2D eigenvalue weighted by molar-refractivity contribution is -0.119. The first kappa shape index (κ1) is 22.5. The number of nitrogens with zero attached hydrogens (tertiary/aromatic N) is 1. The maximum absolute atomic E-state index is 13.5. The highest BCUT2D eigenvalue weighted by Crippen LogP contribution is 2.29. The minimum absolute atomic E-state index is 0.152. The SMILES string of the molecule is COc1ccc(NC(=O)[C@@H]2CCCN2C(=O)c2cccs2)cc1NC(=O)c1cccc(F)c1. The molecule has 1 saturated heterocycles. The third-order valence-electron chi connectivity index (χ3n) is 5.35. The van der Waals surface area contributed by atoms with E-state index in [4.69, 9.17) is 4.74 Å². The van der Waals surface area contributed by atoms with Gasteiger partial charge in [-0.15, -0.1) is 11.3 Å². The molecule has 0 unspecified atom stereocenters. The van der Waals surface area contributed by atoms with E-state index in [0.717, 1.165) is 12.5 Å². The van der Waals surface area contributed by atoms with Crippen molar-refractivity contribution in [1.82, 2.24) is 4.90 Å². The topological polar surface area (TPSA) is 87.7 Å². The van der Waals surface area contributed by atoms with Crippen molar-refractivity contribution in [2.75, 3.05) is 24.3 Å². The van der Waals surface area contributed by atoms with Gasteiger partial charge in [-0.2, -0.15) is 0 Å². The lowest BCUT2D eigenvalue weighted by Crippen LogP contribution is -2.42. The van der Waals surface area contributed by atoms with Crippen molar-refractivity contribution in [3.8, 4) is 5.75 Å². The van der Waals surface area contributed by atoms with Crippen LogP contribution in [-0.4, -0.2) is 42.3 Å². The van der Waals surface area contributed by atoms with Crippen molar-refractivity contribution in [3.63, 3.8) is 0 Å². The van der Waals surface area contributed by atoms with Crippen LogP contribution >= 0.6 is 11.3 Å². The van der Waals surface area contributed by atoms with Crippen LogP contribution in [0, 0.1) is 5.82 Å². The number of thiophene rings is 1. The average Bonchev–Trinajstić information content (AvgIpc) is 3.51. The van der Waals surface area contributed by atoms with Gasteiger partial charge in [-0.1, -0.05) is 12.1 Å². The van der Waals surface area contributed by atoms with Crippen molar-refractivity contribution in [2.45, 2.75) is 18.9 Å². The highest BCUT2D eigenvalue weighted by molar-refractivity contribution is 7.12. The molecule has 0 saturated carbocycles. The molecule has 1 aliphatic rings. The number of hydrogen-bond donors (Lipinski definition) is 2. The van der Waals surface area contributed by atoms with E-state index in [1.54, 1.807) is 35.2 Å². The van der Waals surface area contributed by atoms with Crippen molar-refractivity contribution in [3.05, 3.63) is 76.2 Å². The third kappa shape index (κ3) is 5.04. The lowest BCUT2D eigenvalue weighted by atomic mass is 10.1. The van der Waals surface area contributed by atoms with Crippen molar-refractivity contribution in [1.29, 1.82) is 0 Å². The third-order valence-corrected chi connectivity index (χ3v) is 6.21. The van der Waals surface area contributed by atoms with E-state index in [9.17, 15) is 18.8 Å². The van der Waals surface area contributed by atoms with Crippen LogP contribution < -0.4 is 15.4 Å². The Morgan fingerprint density at radius 2 is 1.94 bits per heavy atom. The van der Waals surface area contributed by atoms with Crippen molar-refractivity contribution < 1.29 is 23.5 Å². The zero-order chi connectivity index (χ0) is 23.4. The second-order valence-electron chi connectivity index (χ2n) is 7.50. The molecule has 2 N–H and O–H groups in total. The first-order valence-electron chi connectivity index (χ1n) is 10.4. The number of hydrogen-bond acceptors (Lipinski definition) is 5. The van der Waals surface area contributed by atoms with Gasteiger partial charge in [0, 0.05) is 17.8 Å². The molecular formula is C24H22FN3O4S. The van der Waals surface area contributed by atoms with Crippen LogP contribution in [0.25, 0.3) is 0 Å². The molecule has 1 fully saturated rings. The van der Waals surface area contributed by atoms with E-state index in [1.165, 1.54) is 36.6 Å². The first-order valence-corrected chi connectivity index (χ1v) is 11.2. The second kappa shape index (κ2) is 9.83. The predicted molar refractivity (Wildman–Crippen MR) is 124 cm³/mol. The van der Waals surface area contributed by atoms with Crippen LogP contribution in [0.15, 0.2) is 60.0 Å². The van der Waals surface area contributed by atoms with E-state index >= 15 is 0 Å². The van der Waals surface area contributed by atoms with Gasteiger partial charge >= 0.3 is 0 Å². The highest BCUT2D eigenvalue weighted by Gasteiger charge is 2.35. The second-order valence-corrected chi connectivity index (χ2v) is 8.45. The van der Waals surface area contributed by atoms with Gasteiger partial charge < -0.3 is 20.3 Å². The molecule has 1 aromatic heterocycles. The molecule has 0 aliphatic carbocycles. The number of carbonyl (C=O) groups excluding carboxylic acids is 3. The average molecular weight is 468 g/mol. The standard InChI is InChI=1S/C24H22FN3O4S/c1-32-20-10-9-17(14-18(20)27-22(29)15-5-2-6-16(25)13-15)26-23(30)19-7-3-11-28(19)24(31)21-8-4-12-33-21/h2,4-6,8-10,12-14,19H,3,7,11H2,1H3,(H,26,30)(H,27,29)/t19-/m0/s1. The number of halogens is 1. The van der Waals surface area contributed by atoms with Gasteiger partial charge in [0.2, 0.25) is 5.91 Å². The number of anilines is 2. The van der Waals surface area contributed by atoms with Gasteiger partial charge in [-0.05, 0) is 60.7 Å². The molecule has 3 amide bonds. The summed E-state index contributed by atoms with van der Waals surface area (Å²) in [4.78, 5) is 40.5. The van der Waals surface area contributed by atoms with Crippen molar-refractivity contribution >= 4 is 40.4 Å². The molecule has 2 heterocycles. The fraction of sp³-hybridized carbons (Fsp3) is 0.208. The number of ether oxygens (including phenoxy) is 1. The largest absolute Gasteiger partial charge is 0.495 e. The monoisotopic (exact) mass is 467 g/mol. The van der Waals surface area contributed by atoms with Crippen LogP contribution in [0.5, 0.6) is 5.75 Å². The molecule has 9 heteroatoms. The van der Waals surface area contributed by atoms with Gasteiger partial charge in [0.25, 0.3) is 11.8 Å². The fourth-order valence-corrected chi connectivity index (χ4v) is 4.44. The number of methoxy groups -OCH3 is 1. The molecular weight excluding hydrogens is 445 g/mol. The fourth-order valence-electron chi connectivity index (χ4n) is 3.76. The molecule has 0 spiro atoms. The Balaban J connectivity index is 1.49. The predicted octanol–water partition coefficient (Wildman–Crippen LogP) is 4.39. The zero-order valence-electron chi connectivity index (χ0n) is 17.8. The molecule has 2 aromatic carbocycles. The summed E-state index contributed by atoms with van der Waals surface area (Å²) in [7, 11) is 1.46. The van der Waals surface area contributed by atoms with Crippen LogP contribution in [0.1, 0.15) is 32.9 Å². The van der Waals surface area contributed by atoms with E-state index in [2.05, 4.69) is 10.6 Å². The molecule has 7 nitrogen and oxygen atoms in total. The van der Waals surface area contributed by atoms with Crippen LogP contribution in [-0.2, 0) is 4.79 Å². The van der Waals surface area contributed by atoms with E-state index < -0.39 is 17.8 Å². The Morgan fingerprint density at radius 1 is 1.09 bits per heavy atom. The normalized spacial score (nSPS) is 15.2. The Hall–Kier alpha value is -3.72. The summed E-state index contributed by atoms with van der Waals surface area (Å²) in [6.45, 7) is 0.520. The molecule has 0 radical (unpaired) electrons. The van der Waals surface area contributed by atoms with Crippen LogP contribution in [0.3, 0.4) is 0 Å². The van der Waals surface area contributed by atoms with E-state index in [1.807, 2.05) is 5.38 Å². The molecule has 4 rings (SSSR count). The smallest absolute Gasteiger partial charge is 0.264 e. The van der Waals surface area contributed by atoms with Gasteiger partial charge in [0.15, 0.2) is 0 Å². The Kier molecular flexibility index (Phi) is 6.69. The number of carbonyl (C=O) groups is 3. The summed E-state index contributed by atoms with van der Waals surface area (Å²) in [5.74, 6) is -1.10. The van der Waals surface area contributed by atoms with E-state index in [0.29, 0.717) is 35.0 Å². The molecule has 3 aromatic rings. The molecule has 1 atom stereocenters. The minimum atomic E-state index is -0.577. The summed E-state index contributed by atoms with van der Waals surface area (Å²) in [5, 5.41) is 7.35. The van der Waals surface area contributed by atoms with Gasteiger partial charge in [0.1, 0.15) is 17.6 Å². The maximum atomic E-state index is 13.5. The Morgan fingerprint density at radius 3 is 2.67 bits per heavy atom. The number of rotatable bonds is 6. The molecule has 170 valence electrons. The lowest BCUT2D eigenvalue weighted by Gasteiger charge is -2.23. The van der Waals surface area contributed by atoms with Gasteiger partial charge in [-0.3, -0.25) is 14.4 Å². The number of likely N-dealkylation sites (tertiary alicyclic amines) is 1. The summed E-state index contributed by atoms with van der Waals surface area (Å²) >= 11 is 1.35. The summed E-state index contributed by atoms with van der Waals surface area (Å²) < 4.78 is 18.8. The molecule has 33 heavy (non-hydrogen) atoms. The summed E-state index contributed by atoms with van der Waals surface area (Å²) in [6.07, 6.45) is 1.31. The first-order chi connectivity index (χ1) is 16.0. The van der Waals surface area contributed by atoms with Crippen LogP contribution in [0.2, 0.25) is 0 Å². The number of amides is 3. The van der Waals surface area contributed by atoms with Gasteiger partial charge in [0.05, 0.1) is 17.7 Å².